The van der Waals surface area contributed by atoms with E-state index in [1.165, 1.54) is 0 Å². The number of fused-ring (bicyclic) bond motifs is 1. The first kappa shape index (κ1) is 16.7. The van der Waals surface area contributed by atoms with Crippen molar-refractivity contribution in [2.75, 3.05) is 6.61 Å². The average Bonchev–Trinajstić information content (AvgIpc) is 3.24. The zero-order chi connectivity index (χ0) is 16.8. The van der Waals surface area contributed by atoms with Gasteiger partial charge in [-0.2, -0.15) is 0 Å². The molecular weight excluding hydrogens is 318 g/mol. The highest BCUT2D eigenvalue weighted by molar-refractivity contribution is 5.76. The molecule has 0 aromatic heterocycles. The van der Waals surface area contributed by atoms with E-state index in [0.717, 1.165) is 25.7 Å². The molecule has 1 aliphatic carbocycles. The van der Waals surface area contributed by atoms with Crippen LogP contribution >= 0.6 is 0 Å². The lowest BCUT2D eigenvalue weighted by Crippen LogP contribution is -2.41. The summed E-state index contributed by atoms with van der Waals surface area (Å²) >= 11 is 0. The number of hydrogen-bond acceptors (Lipinski definition) is 7. The molecule has 4 aliphatic rings. The van der Waals surface area contributed by atoms with Gasteiger partial charge in [-0.15, -0.1) is 0 Å². The van der Waals surface area contributed by atoms with Gasteiger partial charge in [-0.1, -0.05) is 0 Å². The molecule has 3 aliphatic heterocycles. The second-order valence-corrected chi connectivity index (χ2v) is 7.15. The lowest BCUT2D eigenvalue weighted by Gasteiger charge is -2.31. The molecule has 0 aromatic rings. The maximum atomic E-state index is 11.3. The molecule has 4 fully saturated rings. The highest BCUT2D eigenvalue weighted by Crippen LogP contribution is 2.41. The first-order valence-electron chi connectivity index (χ1n) is 8.73. The number of aliphatic hydroxyl groups is 1. The van der Waals surface area contributed by atoms with Crippen molar-refractivity contribution < 1.29 is 33.6 Å². The molecule has 7 atom stereocenters. The molecule has 3 saturated heterocycles. The summed E-state index contributed by atoms with van der Waals surface area (Å²) in [5.41, 5.74) is 5.37. The summed E-state index contributed by atoms with van der Waals surface area (Å²) in [6, 6.07) is 0. The Morgan fingerprint density at radius 2 is 1.71 bits per heavy atom. The molecule has 0 radical (unpaired) electrons. The first-order valence-corrected chi connectivity index (χ1v) is 8.73. The number of rotatable bonds is 3. The molecule has 8 heteroatoms. The fourth-order valence-corrected chi connectivity index (χ4v) is 4.17. The number of primary amides is 1. The summed E-state index contributed by atoms with van der Waals surface area (Å²) < 4.78 is 28.6. The normalized spacial score (nSPS) is 51.7. The van der Waals surface area contributed by atoms with E-state index in [4.69, 9.17) is 29.4 Å². The van der Waals surface area contributed by atoms with Gasteiger partial charge in [-0.25, -0.2) is 0 Å². The van der Waals surface area contributed by atoms with Crippen molar-refractivity contribution in [3.05, 3.63) is 0 Å². The third-order valence-corrected chi connectivity index (χ3v) is 5.58. The summed E-state index contributed by atoms with van der Waals surface area (Å²) in [6.45, 7) is 2.20. The Morgan fingerprint density at radius 3 is 2.29 bits per heavy atom. The van der Waals surface area contributed by atoms with E-state index in [1.807, 2.05) is 6.92 Å². The van der Waals surface area contributed by atoms with E-state index in [2.05, 4.69) is 0 Å². The highest BCUT2D eigenvalue weighted by atomic mass is 16.8. The van der Waals surface area contributed by atoms with Crippen LogP contribution in [0.2, 0.25) is 0 Å². The molecule has 3 N–H and O–H groups in total. The van der Waals surface area contributed by atoms with Gasteiger partial charge < -0.3 is 34.5 Å². The van der Waals surface area contributed by atoms with Gasteiger partial charge in [0.05, 0.1) is 6.61 Å². The van der Waals surface area contributed by atoms with Crippen LogP contribution in [0.1, 0.15) is 32.6 Å². The number of carbonyl (C=O) groups is 1. The minimum absolute atomic E-state index is 0.0464. The van der Waals surface area contributed by atoms with Gasteiger partial charge in [0.1, 0.15) is 24.4 Å². The van der Waals surface area contributed by atoms with E-state index in [1.54, 1.807) is 0 Å². The van der Waals surface area contributed by atoms with E-state index >= 15 is 0 Å². The third kappa shape index (κ3) is 2.95. The minimum atomic E-state index is -0.805. The average molecular weight is 343 g/mol. The smallest absolute Gasteiger partial charge is 0.220 e. The maximum Gasteiger partial charge on any atom is 0.220 e. The zero-order valence-electron chi connectivity index (χ0n) is 13.7. The number of ether oxygens (including phenoxy) is 5. The molecule has 3 heterocycles. The Hall–Kier alpha value is -0.770. The van der Waals surface area contributed by atoms with Crippen molar-refractivity contribution in [2.45, 2.75) is 75.9 Å². The lowest BCUT2D eigenvalue weighted by atomic mass is 9.81. The molecule has 1 amide bonds. The van der Waals surface area contributed by atoms with E-state index in [-0.39, 0.29) is 30.1 Å². The van der Waals surface area contributed by atoms with Crippen LogP contribution in [0.5, 0.6) is 0 Å². The molecular formula is C16H25NO7. The molecule has 6 unspecified atom stereocenters. The summed E-state index contributed by atoms with van der Waals surface area (Å²) in [6.07, 6.45) is -0.217. The molecule has 0 aromatic carbocycles. The van der Waals surface area contributed by atoms with E-state index < -0.39 is 30.9 Å². The Labute approximate surface area is 140 Å². The molecule has 24 heavy (non-hydrogen) atoms. The number of carbonyl (C=O) groups excluding carboxylic acids is 1. The standard InChI is InChI=1S/C16H25NO7/c1-7-20-6-10(21-7)12-11(18)13-16(22-12)24-15(23-13)9-4-2-8(3-5-9)14(17)19/h7-13,15-16,18H,2-6H2,1H3,(H2,17,19)/t7?,8?,9?,10?,11?,12?,13?,15?,16-/m0/s1. The monoisotopic (exact) mass is 343 g/mol. The van der Waals surface area contributed by atoms with Crippen LogP contribution in [0.4, 0.5) is 0 Å². The largest absolute Gasteiger partial charge is 0.387 e. The van der Waals surface area contributed by atoms with Crippen LogP contribution in [0, 0.1) is 11.8 Å². The molecule has 0 spiro atoms. The minimum Gasteiger partial charge on any atom is -0.387 e. The second kappa shape index (κ2) is 6.51. The van der Waals surface area contributed by atoms with Crippen molar-refractivity contribution in [1.82, 2.24) is 0 Å². The van der Waals surface area contributed by atoms with E-state index in [0.29, 0.717) is 6.61 Å². The SMILES string of the molecule is CC1OCC(C2O[C@H]3OC(C4CCC(C(N)=O)CC4)OC3C2O)O1. The fraction of sp³-hybridized carbons (Fsp3) is 0.938. The third-order valence-electron chi connectivity index (χ3n) is 5.58. The van der Waals surface area contributed by atoms with Gasteiger partial charge >= 0.3 is 0 Å². The number of hydrogen-bond donors (Lipinski definition) is 2. The van der Waals surface area contributed by atoms with Crippen molar-refractivity contribution in [3.8, 4) is 0 Å². The van der Waals surface area contributed by atoms with Gasteiger partial charge in [0, 0.05) is 11.8 Å². The van der Waals surface area contributed by atoms with Crippen LogP contribution in [-0.4, -0.2) is 60.9 Å². The summed E-state index contributed by atoms with van der Waals surface area (Å²) in [5, 5.41) is 10.5. The Balaban J connectivity index is 1.32. The van der Waals surface area contributed by atoms with Crippen LogP contribution < -0.4 is 5.73 Å². The summed E-state index contributed by atoms with van der Waals surface area (Å²) in [4.78, 5) is 11.3. The number of aliphatic hydroxyl groups excluding tert-OH is 1. The van der Waals surface area contributed by atoms with Crippen molar-refractivity contribution in [3.63, 3.8) is 0 Å². The molecule has 8 nitrogen and oxygen atoms in total. The molecule has 0 bridgehead atoms. The van der Waals surface area contributed by atoms with Crippen LogP contribution in [0.15, 0.2) is 0 Å². The Morgan fingerprint density at radius 1 is 1.00 bits per heavy atom. The topological polar surface area (TPSA) is 109 Å². The molecule has 136 valence electrons. The maximum absolute atomic E-state index is 11.3. The van der Waals surface area contributed by atoms with E-state index in [9.17, 15) is 9.90 Å². The van der Waals surface area contributed by atoms with Gasteiger partial charge in [0.25, 0.3) is 0 Å². The van der Waals surface area contributed by atoms with Gasteiger partial charge in [0.2, 0.25) is 5.91 Å². The van der Waals surface area contributed by atoms with Crippen molar-refractivity contribution in [1.29, 1.82) is 0 Å². The van der Waals surface area contributed by atoms with Crippen LogP contribution in [0.25, 0.3) is 0 Å². The van der Waals surface area contributed by atoms with Crippen LogP contribution in [0.3, 0.4) is 0 Å². The van der Waals surface area contributed by atoms with Crippen LogP contribution in [-0.2, 0) is 28.5 Å². The van der Waals surface area contributed by atoms with Gasteiger partial charge in [-0.05, 0) is 32.6 Å². The highest BCUT2D eigenvalue weighted by Gasteiger charge is 2.56. The Kier molecular flexibility index (Phi) is 4.53. The Bertz CT molecular complexity index is 481. The summed E-state index contributed by atoms with van der Waals surface area (Å²) in [5.74, 6) is -0.0744. The lowest BCUT2D eigenvalue weighted by molar-refractivity contribution is -0.206. The zero-order valence-corrected chi connectivity index (χ0v) is 13.7. The predicted molar refractivity (Wildman–Crippen MR) is 79.3 cm³/mol. The fourth-order valence-electron chi connectivity index (χ4n) is 4.17. The number of amides is 1. The summed E-state index contributed by atoms with van der Waals surface area (Å²) in [7, 11) is 0. The second-order valence-electron chi connectivity index (χ2n) is 7.15. The van der Waals surface area contributed by atoms with Crippen molar-refractivity contribution in [2.24, 2.45) is 17.6 Å². The van der Waals surface area contributed by atoms with Gasteiger partial charge in [-0.3, -0.25) is 4.79 Å². The number of nitrogens with two attached hydrogens (primary N) is 1. The molecule has 1 saturated carbocycles. The quantitative estimate of drug-likeness (QED) is 0.734. The predicted octanol–water partition coefficient (Wildman–Crippen LogP) is -0.133. The van der Waals surface area contributed by atoms with Crippen molar-refractivity contribution >= 4 is 5.91 Å². The van der Waals surface area contributed by atoms with Gasteiger partial charge in [0.15, 0.2) is 18.9 Å². The molecule has 4 rings (SSSR count). The first-order chi connectivity index (χ1) is 11.5.